The smallest absolute Gasteiger partial charge is 0.253 e. The van der Waals surface area contributed by atoms with Gasteiger partial charge in [-0.05, 0) is 67.1 Å². The maximum Gasteiger partial charge on any atom is 0.253 e. The predicted octanol–water partition coefficient (Wildman–Crippen LogP) is 4.35. The zero-order valence-electron chi connectivity index (χ0n) is 18.2. The molecule has 168 valence electrons. The molecule has 0 saturated heterocycles. The molecule has 0 aliphatic carbocycles. The van der Waals surface area contributed by atoms with Gasteiger partial charge in [0.15, 0.2) is 0 Å². The summed E-state index contributed by atoms with van der Waals surface area (Å²) in [5.41, 5.74) is 3.67. The highest BCUT2D eigenvalue weighted by atomic mass is 32.2. The van der Waals surface area contributed by atoms with Crippen molar-refractivity contribution in [1.82, 2.24) is 4.31 Å². The number of hydrogen-bond donors (Lipinski definition) is 1. The number of carbonyl (C=O) groups is 1. The molecule has 0 unspecified atom stereocenters. The van der Waals surface area contributed by atoms with E-state index in [1.54, 1.807) is 17.5 Å². The van der Waals surface area contributed by atoms with Gasteiger partial charge in [0, 0.05) is 31.0 Å². The van der Waals surface area contributed by atoms with E-state index in [1.165, 1.54) is 15.6 Å². The summed E-state index contributed by atoms with van der Waals surface area (Å²) in [6.07, 6.45) is 0.337. The lowest BCUT2D eigenvalue weighted by Gasteiger charge is -2.34. The van der Waals surface area contributed by atoms with Crippen LogP contribution in [0, 0.1) is 0 Å². The minimum absolute atomic E-state index is 0.176. The number of nitrogens with zero attached hydrogens (tertiary/aromatic N) is 2. The van der Waals surface area contributed by atoms with Crippen LogP contribution in [0.15, 0.2) is 70.3 Å². The first kappa shape index (κ1) is 22.5. The van der Waals surface area contributed by atoms with Gasteiger partial charge in [-0.15, -0.1) is 11.3 Å². The number of fused-ring (bicyclic) bond motifs is 1. The Balaban J connectivity index is 1.61. The molecule has 1 atom stereocenters. The summed E-state index contributed by atoms with van der Waals surface area (Å²) in [6, 6.07) is 17.8. The van der Waals surface area contributed by atoms with Crippen LogP contribution in [-0.4, -0.2) is 37.8 Å². The second kappa shape index (κ2) is 9.44. The SMILES string of the molecule is CCN(CC)c1ccc(NC(=O)[C@@H]2Cc3ccccc3CN2S(=O)(=O)c2cccs2)cc1. The molecule has 4 rings (SSSR count). The summed E-state index contributed by atoms with van der Waals surface area (Å²) in [5, 5.41) is 4.67. The van der Waals surface area contributed by atoms with Crippen molar-refractivity contribution in [1.29, 1.82) is 0 Å². The third-order valence-electron chi connectivity index (χ3n) is 5.83. The van der Waals surface area contributed by atoms with Gasteiger partial charge in [0.2, 0.25) is 5.91 Å². The molecular formula is C24H27N3O3S2. The van der Waals surface area contributed by atoms with Gasteiger partial charge in [-0.3, -0.25) is 4.79 Å². The van der Waals surface area contributed by atoms with Crippen LogP contribution in [0.4, 0.5) is 11.4 Å². The molecule has 2 heterocycles. The Hall–Kier alpha value is -2.68. The molecule has 32 heavy (non-hydrogen) atoms. The van der Waals surface area contributed by atoms with Gasteiger partial charge in [0.25, 0.3) is 10.0 Å². The zero-order valence-corrected chi connectivity index (χ0v) is 19.8. The summed E-state index contributed by atoms with van der Waals surface area (Å²) < 4.78 is 28.3. The number of rotatable bonds is 7. The molecule has 1 amide bonds. The van der Waals surface area contributed by atoms with Crippen LogP contribution >= 0.6 is 11.3 Å². The first-order valence-electron chi connectivity index (χ1n) is 10.7. The van der Waals surface area contributed by atoms with Crippen LogP contribution in [0.3, 0.4) is 0 Å². The van der Waals surface area contributed by atoms with Gasteiger partial charge in [0.05, 0.1) is 0 Å². The molecule has 6 nitrogen and oxygen atoms in total. The Morgan fingerprint density at radius 1 is 1.03 bits per heavy atom. The van der Waals surface area contributed by atoms with Crippen molar-refractivity contribution in [3.63, 3.8) is 0 Å². The van der Waals surface area contributed by atoms with Crippen molar-refractivity contribution in [2.75, 3.05) is 23.3 Å². The lowest BCUT2D eigenvalue weighted by atomic mass is 9.95. The molecule has 2 aromatic carbocycles. The van der Waals surface area contributed by atoms with E-state index in [2.05, 4.69) is 24.1 Å². The van der Waals surface area contributed by atoms with Crippen molar-refractivity contribution in [2.45, 2.75) is 37.1 Å². The van der Waals surface area contributed by atoms with E-state index in [-0.39, 0.29) is 16.7 Å². The zero-order chi connectivity index (χ0) is 22.7. The molecular weight excluding hydrogens is 442 g/mol. The minimum atomic E-state index is -3.79. The number of anilines is 2. The van der Waals surface area contributed by atoms with Crippen LogP contribution in [0.25, 0.3) is 0 Å². The predicted molar refractivity (Wildman–Crippen MR) is 130 cm³/mol. The monoisotopic (exact) mass is 469 g/mol. The second-order valence-corrected chi connectivity index (χ2v) is 10.7. The summed E-state index contributed by atoms with van der Waals surface area (Å²) in [5.74, 6) is -0.324. The summed E-state index contributed by atoms with van der Waals surface area (Å²) in [4.78, 5) is 15.5. The van der Waals surface area contributed by atoms with Crippen LogP contribution in [0.1, 0.15) is 25.0 Å². The molecule has 3 aromatic rings. The van der Waals surface area contributed by atoms with Gasteiger partial charge in [-0.25, -0.2) is 8.42 Å². The molecule has 0 saturated carbocycles. The maximum atomic E-state index is 13.4. The minimum Gasteiger partial charge on any atom is -0.372 e. The quantitative estimate of drug-likeness (QED) is 0.559. The summed E-state index contributed by atoms with van der Waals surface area (Å²) in [7, 11) is -3.79. The van der Waals surface area contributed by atoms with E-state index in [4.69, 9.17) is 0 Å². The average Bonchev–Trinajstić information content (AvgIpc) is 3.36. The lowest BCUT2D eigenvalue weighted by molar-refractivity contribution is -0.120. The molecule has 1 N–H and O–H groups in total. The van der Waals surface area contributed by atoms with Gasteiger partial charge >= 0.3 is 0 Å². The fourth-order valence-corrected chi connectivity index (χ4v) is 6.76. The molecule has 1 aliphatic rings. The topological polar surface area (TPSA) is 69.7 Å². The molecule has 0 radical (unpaired) electrons. The number of benzene rings is 2. The number of nitrogens with one attached hydrogen (secondary N) is 1. The van der Waals surface area contributed by atoms with Crippen molar-refractivity contribution in [3.05, 3.63) is 77.2 Å². The van der Waals surface area contributed by atoms with Crippen molar-refractivity contribution >= 4 is 38.6 Å². The highest BCUT2D eigenvalue weighted by Gasteiger charge is 2.40. The largest absolute Gasteiger partial charge is 0.372 e. The second-order valence-electron chi connectivity index (χ2n) is 7.68. The van der Waals surface area contributed by atoms with Crippen LogP contribution < -0.4 is 10.2 Å². The van der Waals surface area contributed by atoms with E-state index in [0.29, 0.717) is 12.1 Å². The molecule has 0 fully saturated rings. The normalized spacial score (nSPS) is 16.4. The molecule has 0 bridgehead atoms. The van der Waals surface area contributed by atoms with Crippen molar-refractivity contribution in [3.8, 4) is 0 Å². The van der Waals surface area contributed by atoms with Crippen molar-refractivity contribution < 1.29 is 13.2 Å². The third kappa shape index (κ3) is 4.44. The maximum absolute atomic E-state index is 13.4. The fraction of sp³-hybridized carbons (Fsp3) is 0.292. The van der Waals surface area contributed by atoms with Gasteiger partial charge in [-0.1, -0.05) is 30.3 Å². The third-order valence-corrected chi connectivity index (χ3v) is 9.06. The number of thiophene rings is 1. The highest BCUT2D eigenvalue weighted by Crippen LogP contribution is 2.31. The number of carbonyl (C=O) groups excluding carboxylic acids is 1. The lowest BCUT2D eigenvalue weighted by Crippen LogP contribution is -2.50. The first-order chi connectivity index (χ1) is 15.4. The Morgan fingerprint density at radius 2 is 1.72 bits per heavy atom. The van der Waals surface area contributed by atoms with Crippen LogP contribution in [-0.2, 0) is 27.8 Å². The van der Waals surface area contributed by atoms with Gasteiger partial charge < -0.3 is 10.2 Å². The van der Waals surface area contributed by atoms with Gasteiger partial charge in [-0.2, -0.15) is 4.31 Å². The van der Waals surface area contributed by atoms with E-state index in [0.717, 1.165) is 29.9 Å². The Bertz CT molecular complexity index is 1170. The number of sulfonamides is 1. The van der Waals surface area contributed by atoms with E-state index >= 15 is 0 Å². The molecule has 8 heteroatoms. The highest BCUT2D eigenvalue weighted by molar-refractivity contribution is 7.91. The van der Waals surface area contributed by atoms with E-state index in [1.807, 2.05) is 48.5 Å². The number of amides is 1. The standard InChI is InChI=1S/C24H27N3O3S2/c1-3-26(4-2)21-13-11-20(12-14-21)25-24(28)22-16-18-8-5-6-9-19(18)17-27(22)32(29,30)23-10-7-15-31-23/h5-15,22H,3-4,16-17H2,1-2H3,(H,25,28)/t22-/m0/s1. The fourth-order valence-electron chi connectivity index (χ4n) is 4.07. The molecule has 0 spiro atoms. The first-order valence-corrected chi connectivity index (χ1v) is 13.0. The van der Waals surface area contributed by atoms with E-state index < -0.39 is 16.1 Å². The van der Waals surface area contributed by atoms with Crippen molar-refractivity contribution in [2.24, 2.45) is 0 Å². The summed E-state index contributed by atoms with van der Waals surface area (Å²) in [6.45, 7) is 6.18. The van der Waals surface area contributed by atoms with Crippen LogP contribution in [0.5, 0.6) is 0 Å². The average molecular weight is 470 g/mol. The van der Waals surface area contributed by atoms with E-state index in [9.17, 15) is 13.2 Å². The Kier molecular flexibility index (Phi) is 6.64. The summed E-state index contributed by atoms with van der Waals surface area (Å²) >= 11 is 1.17. The molecule has 1 aliphatic heterocycles. The van der Waals surface area contributed by atoms with Gasteiger partial charge in [0.1, 0.15) is 10.3 Å². The Labute approximate surface area is 193 Å². The number of hydrogen-bond acceptors (Lipinski definition) is 5. The molecule has 1 aromatic heterocycles. The van der Waals surface area contributed by atoms with Crippen LogP contribution in [0.2, 0.25) is 0 Å². The Morgan fingerprint density at radius 3 is 2.34 bits per heavy atom.